The molecule has 1 heterocycles. The van der Waals surface area contributed by atoms with Gasteiger partial charge >= 0.3 is 0 Å². The molecule has 3 rings (SSSR count). The maximum Gasteiger partial charge on any atom is 0.261 e. The van der Waals surface area contributed by atoms with E-state index in [4.69, 9.17) is 41.2 Å². The Balaban J connectivity index is 2.26. The van der Waals surface area contributed by atoms with Gasteiger partial charge < -0.3 is 18.9 Å². The van der Waals surface area contributed by atoms with E-state index in [2.05, 4.69) is 0 Å². The highest BCUT2D eigenvalue weighted by atomic mass is 35.7. The molecule has 0 saturated carbocycles. The number of rotatable bonds is 5. The number of hydrogen-bond donors (Lipinski definition) is 0. The summed E-state index contributed by atoms with van der Waals surface area (Å²) in [6, 6.07) is 9.42. The Bertz CT molecular complexity index is 923. The summed E-state index contributed by atoms with van der Waals surface area (Å²) in [5, 5.41) is 0.230. The maximum absolute atomic E-state index is 12.1. The summed E-state index contributed by atoms with van der Waals surface area (Å²) in [4.78, 5) is -0.177. The Morgan fingerprint density at radius 1 is 1.00 bits per heavy atom. The Hall–Kier alpha value is -1.51. The van der Waals surface area contributed by atoms with Crippen molar-refractivity contribution in [1.82, 2.24) is 0 Å². The SMILES string of the molecule is COc1ccc(C2(c3ccc(Cl)cc3S(=O)(=O)Cl)OCCO2)cc1OC. The molecule has 2 aromatic rings. The summed E-state index contributed by atoms with van der Waals surface area (Å²) in [6.45, 7) is 0.553. The lowest BCUT2D eigenvalue weighted by Gasteiger charge is -2.30. The summed E-state index contributed by atoms with van der Waals surface area (Å²) in [6.07, 6.45) is 0. The topological polar surface area (TPSA) is 71.1 Å². The van der Waals surface area contributed by atoms with Crippen molar-refractivity contribution >= 4 is 31.3 Å². The highest BCUT2D eigenvalue weighted by Crippen LogP contribution is 2.44. The molecule has 0 bridgehead atoms. The third kappa shape index (κ3) is 3.37. The van der Waals surface area contributed by atoms with Crippen LogP contribution in [-0.4, -0.2) is 35.9 Å². The van der Waals surface area contributed by atoms with Gasteiger partial charge in [0.1, 0.15) is 0 Å². The van der Waals surface area contributed by atoms with Crippen molar-refractivity contribution in [1.29, 1.82) is 0 Å². The molecule has 1 aliphatic rings. The highest BCUT2D eigenvalue weighted by molar-refractivity contribution is 8.13. The zero-order valence-electron chi connectivity index (χ0n) is 14.0. The summed E-state index contributed by atoms with van der Waals surface area (Å²) in [5.41, 5.74) is 0.776. The number of hydrogen-bond acceptors (Lipinski definition) is 6. The van der Waals surface area contributed by atoms with Crippen LogP contribution in [0, 0.1) is 0 Å². The first-order chi connectivity index (χ1) is 12.3. The second kappa shape index (κ2) is 7.25. The van der Waals surface area contributed by atoms with Gasteiger partial charge in [0.15, 0.2) is 11.5 Å². The Kier molecular flexibility index (Phi) is 5.37. The standard InChI is InChI=1S/C17H16Cl2O6S/c1-22-14-6-3-11(9-15(14)23-2)17(24-7-8-25-17)13-5-4-12(18)10-16(13)26(19,20)21/h3-6,9-10H,7-8H2,1-2H3. The average molecular weight is 419 g/mol. The second-order valence-corrected chi connectivity index (χ2v) is 8.43. The van der Waals surface area contributed by atoms with Gasteiger partial charge in [-0.1, -0.05) is 17.7 Å². The molecule has 1 aliphatic heterocycles. The maximum atomic E-state index is 12.1. The van der Waals surface area contributed by atoms with E-state index in [0.717, 1.165) is 0 Å². The summed E-state index contributed by atoms with van der Waals surface area (Å²) < 4.78 is 46.6. The molecule has 6 nitrogen and oxygen atoms in total. The number of ether oxygens (including phenoxy) is 4. The van der Waals surface area contributed by atoms with Gasteiger partial charge in [0.2, 0.25) is 5.79 Å². The van der Waals surface area contributed by atoms with Gasteiger partial charge in [0, 0.05) is 26.8 Å². The van der Waals surface area contributed by atoms with E-state index in [1.165, 1.54) is 26.4 Å². The zero-order valence-corrected chi connectivity index (χ0v) is 16.3. The third-order valence-electron chi connectivity index (χ3n) is 4.02. The van der Waals surface area contributed by atoms with Crippen LogP contribution in [0.4, 0.5) is 0 Å². The number of methoxy groups -OCH3 is 2. The largest absolute Gasteiger partial charge is 0.493 e. The van der Waals surface area contributed by atoms with Crippen LogP contribution in [0.1, 0.15) is 11.1 Å². The van der Waals surface area contributed by atoms with Crippen LogP contribution in [0.15, 0.2) is 41.3 Å². The first-order valence-corrected chi connectivity index (χ1v) is 10.3. The molecule has 2 aromatic carbocycles. The van der Waals surface area contributed by atoms with Crippen molar-refractivity contribution in [3.63, 3.8) is 0 Å². The number of benzene rings is 2. The van der Waals surface area contributed by atoms with Crippen LogP contribution < -0.4 is 9.47 Å². The van der Waals surface area contributed by atoms with Gasteiger partial charge in [0.05, 0.1) is 32.3 Å². The lowest BCUT2D eigenvalue weighted by molar-refractivity contribution is -0.131. The molecule has 1 saturated heterocycles. The minimum Gasteiger partial charge on any atom is -0.493 e. The molecule has 0 unspecified atom stereocenters. The quantitative estimate of drug-likeness (QED) is 0.691. The molecule has 0 amide bonds. The average Bonchev–Trinajstić information content (AvgIpc) is 3.11. The van der Waals surface area contributed by atoms with Crippen LogP contribution in [0.2, 0.25) is 5.02 Å². The molecule has 0 N–H and O–H groups in total. The van der Waals surface area contributed by atoms with Gasteiger partial charge in [-0.05, 0) is 30.3 Å². The summed E-state index contributed by atoms with van der Waals surface area (Å²) in [5.74, 6) is -0.486. The van der Waals surface area contributed by atoms with Crippen molar-refractivity contribution in [3.8, 4) is 11.5 Å². The molecule has 0 radical (unpaired) electrons. The fourth-order valence-electron chi connectivity index (χ4n) is 2.90. The van der Waals surface area contributed by atoms with Crippen LogP contribution in [-0.2, 0) is 24.3 Å². The third-order valence-corrected chi connectivity index (χ3v) is 5.62. The Morgan fingerprint density at radius 3 is 2.23 bits per heavy atom. The second-order valence-electron chi connectivity index (χ2n) is 5.46. The van der Waals surface area contributed by atoms with E-state index >= 15 is 0 Å². The number of halogens is 2. The van der Waals surface area contributed by atoms with Crippen LogP contribution >= 0.6 is 22.3 Å². The minimum atomic E-state index is -4.10. The van der Waals surface area contributed by atoms with Crippen LogP contribution in [0.5, 0.6) is 11.5 Å². The van der Waals surface area contributed by atoms with Crippen LogP contribution in [0.25, 0.3) is 0 Å². The minimum absolute atomic E-state index is 0.177. The molecule has 140 valence electrons. The molecule has 0 aliphatic carbocycles. The van der Waals surface area contributed by atoms with Gasteiger partial charge in [-0.3, -0.25) is 0 Å². The first kappa shape index (κ1) is 19.3. The van der Waals surface area contributed by atoms with Gasteiger partial charge in [0.25, 0.3) is 9.05 Å². The van der Waals surface area contributed by atoms with Gasteiger partial charge in [-0.2, -0.15) is 0 Å². The van der Waals surface area contributed by atoms with Gasteiger partial charge in [-0.15, -0.1) is 0 Å². The highest BCUT2D eigenvalue weighted by Gasteiger charge is 2.44. The fourth-order valence-corrected chi connectivity index (χ4v) is 4.25. The van der Waals surface area contributed by atoms with Crippen LogP contribution in [0.3, 0.4) is 0 Å². The monoisotopic (exact) mass is 418 g/mol. The molecule has 0 spiro atoms. The Morgan fingerprint density at radius 2 is 1.65 bits per heavy atom. The lowest BCUT2D eigenvalue weighted by atomic mass is 9.96. The van der Waals surface area contributed by atoms with E-state index in [0.29, 0.717) is 17.1 Å². The van der Waals surface area contributed by atoms with Crippen molar-refractivity contribution in [2.75, 3.05) is 27.4 Å². The molecular weight excluding hydrogens is 403 g/mol. The van der Waals surface area contributed by atoms with Gasteiger partial charge in [-0.25, -0.2) is 8.42 Å². The van der Waals surface area contributed by atoms with E-state index in [9.17, 15) is 8.42 Å². The van der Waals surface area contributed by atoms with Crippen molar-refractivity contribution in [2.24, 2.45) is 0 Å². The molecular formula is C17H16Cl2O6S. The Labute approximate surface area is 160 Å². The van der Waals surface area contributed by atoms with Crippen molar-refractivity contribution in [2.45, 2.75) is 10.7 Å². The van der Waals surface area contributed by atoms with Crippen molar-refractivity contribution in [3.05, 3.63) is 52.5 Å². The van der Waals surface area contributed by atoms with E-state index in [1.807, 2.05) is 0 Å². The predicted molar refractivity (Wildman–Crippen MR) is 96.7 cm³/mol. The smallest absolute Gasteiger partial charge is 0.261 e. The summed E-state index contributed by atoms with van der Waals surface area (Å²) in [7, 11) is 4.55. The lowest BCUT2D eigenvalue weighted by Crippen LogP contribution is -2.30. The summed E-state index contributed by atoms with van der Waals surface area (Å²) >= 11 is 5.97. The fraction of sp³-hybridized carbons (Fsp3) is 0.294. The molecule has 0 aromatic heterocycles. The molecule has 9 heteroatoms. The zero-order chi connectivity index (χ0) is 18.9. The predicted octanol–water partition coefficient (Wildman–Crippen LogP) is 3.53. The van der Waals surface area contributed by atoms with E-state index < -0.39 is 14.8 Å². The normalized spacial score (nSPS) is 16.5. The van der Waals surface area contributed by atoms with E-state index in [-0.39, 0.29) is 28.7 Å². The van der Waals surface area contributed by atoms with E-state index in [1.54, 1.807) is 24.3 Å². The molecule has 1 fully saturated rings. The first-order valence-electron chi connectivity index (χ1n) is 7.57. The molecule has 26 heavy (non-hydrogen) atoms. The molecule has 0 atom stereocenters. The van der Waals surface area contributed by atoms with Crippen molar-refractivity contribution < 1.29 is 27.4 Å².